The van der Waals surface area contributed by atoms with Gasteiger partial charge in [0.05, 0.1) is 16.3 Å². The van der Waals surface area contributed by atoms with Crippen molar-refractivity contribution in [3.8, 4) is 10.4 Å². The largest absolute Gasteiger partial charge is 0.490 e. The van der Waals surface area contributed by atoms with Crippen LogP contribution in [0.25, 0.3) is 10.4 Å². The molecule has 0 aliphatic carbocycles. The van der Waals surface area contributed by atoms with Gasteiger partial charge in [0.15, 0.2) is 9.84 Å². The summed E-state index contributed by atoms with van der Waals surface area (Å²) in [5, 5.41) is 13.1. The molecule has 0 spiro atoms. The molecule has 1 saturated heterocycles. The molecule has 12 heteroatoms. The van der Waals surface area contributed by atoms with Crippen LogP contribution in [0.1, 0.15) is 17.0 Å². The average Bonchev–Trinajstić information content (AvgIpc) is 3.50. The average molecular weight is 500 g/mol. The summed E-state index contributed by atoms with van der Waals surface area (Å²) in [6.45, 7) is 2.11. The van der Waals surface area contributed by atoms with Crippen LogP contribution in [0, 0.1) is 0 Å². The number of aliphatic carboxylic acids is 1. The standard InChI is InChI=1S/C19H19N3O2S2.C2HF3O2/c1-21-9-13(8-20-21)10-22-11-16-15-7-14(17-3-2-6-25-17)4-5-18(15)26(23,24)19(16)12-22;3-2(4,5)1(6)7/h2-9,16,19H,10-12H2,1H3;(H,6,7). The van der Waals surface area contributed by atoms with Crippen LogP contribution in [0.15, 0.2) is 53.0 Å². The number of carboxylic acid groups (broad SMARTS) is 1. The number of carbonyl (C=O) groups is 1. The zero-order valence-corrected chi connectivity index (χ0v) is 19.0. The molecule has 2 aromatic heterocycles. The Morgan fingerprint density at radius 1 is 1.27 bits per heavy atom. The van der Waals surface area contributed by atoms with Gasteiger partial charge < -0.3 is 5.11 Å². The fourth-order valence-electron chi connectivity index (χ4n) is 4.26. The molecule has 2 atom stereocenters. The Morgan fingerprint density at radius 2 is 2.00 bits per heavy atom. The van der Waals surface area contributed by atoms with E-state index >= 15 is 0 Å². The molecule has 0 bridgehead atoms. The number of thiophene rings is 1. The van der Waals surface area contributed by atoms with Crippen molar-refractivity contribution in [1.29, 1.82) is 0 Å². The number of rotatable bonds is 3. The Hall–Kier alpha value is -2.70. The van der Waals surface area contributed by atoms with E-state index in [-0.39, 0.29) is 11.2 Å². The fraction of sp³-hybridized carbons (Fsp3) is 0.333. The van der Waals surface area contributed by atoms with Gasteiger partial charge in [-0.15, -0.1) is 11.3 Å². The lowest BCUT2D eigenvalue weighted by atomic mass is 9.96. The van der Waals surface area contributed by atoms with Gasteiger partial charge in [-0.1, -0.05) is 12.1 Å². The van der Waals surface area contributed by atoms with Crippen LogP contribution < -0.4 is 0 Å². The van der Waals surface area contributed by atoms with Crippen molar-refractivity contribution in [3.05, 3.63) is 59.2 Å². The second-order valence-electron chi connectivity index (χ2n) is 7.94. The lowest BCUT2D eigenvalue weighted by molar-refractivity contribution is -0.192. The second kappa shape index (κ2) is 8.58. The number of aryl methyl sites for hydroxylation is 1. The van der Waals surface area contributed by atoms with E-state index in [0.29, 0.717) is 11.4 Å². The van der Waals surface area contributed by atoms with Gasteiger partial charge in [0.25, 0.3) is 0 Å². The zero-order chi connectivity index (χ0) is 24.0. The topological polar surface area (TPSA) is 92.5 Å². The third-order valence-electron chi connectivity index (χ3n) is 5.67. The molecule has 2 aliphatic heterocycles. The second-order valence-corrected chi connectivity index (χ2v) is 11.0. The van der Waals surface area contributed by atoms with Gasteiger partial charge in [-0.2, -0.15) is 18.3 Å². The van der Waals surface area contributed by atoms with Gasteiger partial charge in [-0.3, -0.25) is 9.58 Å². The summed E-state index contributed by atoms with van der Waals surface area (Å²) in [7, 11) is -1.35. The molecule has 1 aromatic carbocycles. The first-order valence-corrected chi connectivity index (χ1v) is 12.3. The summed E-state index contributed by atoms with van der Waals surface area (Å²) >= 11 is 1.68. The number of alkyl halides is 3. The highest BCUT2D eigenvalue weighted by Crippen LogP contribution is 2.46. The number of nitrogens with zero attached hydrogens (tertiary/aromatic N) is 3. The van der Waals surface area contributed by atoms with E-state index in [1.54, 1.807) is 16.0 Å². The third kappa shape index (κ3) is 4.68. The summed E-state index contributed by atoms with van der Waals surface area (Å²) in [6, 6.07) is 9.95. The van der Waals surface area contributed by atoms with E-state index < -0.39 is 22.0 Å². The normalized spacial score (nSPS) is 21.2. The number of halogens is 3. The van der Waals surface area contributed by atoms with Gasteiger partial charge in [0.2, 0.25) is 0 Å². The maximum atomic E-state index is 13.0. The van der Waals surface area contributed by atoms with Crippen molar-refractivity contribution in [1.82, 2.24) is 14.7 Å². The predicted molar refractivity (Wildman–Crippen MR) is 116 cm³/mol. The maximum absolute atomic E-state index is 13.0. The quantitative estimate of drug-likeness (QED) is 0.593. The zero-order valence-electron chi connectivity index (χ0n) is 17.4. The van der Waals surface area contributed by atoms with Crippen molar-refractivity contribution in [2.75, 3.05) is 13.1 Å². The van der Waals surface area contributed by atoms with Gasteiger partial charge >= 0.3 is 12.1 Å². The summed E-state index contributed by atoms with van der Waals surface area (Å²) in [4.78, 5) is 12.9. The number of aromatic nitrogens is 2. The molecule has 33 heavy (non-hydrogen) atoms. The molecule has 7 nitrogen and oxygen atoms in total. The van der Waals surface area contributed by atoms with Crippen LogP contribution >= 0.6 is 11.3 Å². The number of fused-ring (bicyclic) bond motifs is 3. The van der Waals surface area contributed by atoms with Crippen molar-refractivity contribution in [2.45, 2.75) is 28.8 Å². The molecule has 1 N–H and O–H groups in total. The van der Waals surface area contributed by atoms with Crippen molar-refractivity contribution in [2.24, 2.45) is 7.05 Å². The van der Waals surface area contributed by atoms with Crippen molar-refractivity contribution in [3.63, 3.8) is 0 Å². The third-order valence-corrected chi connectivity index (χ3v) is 8.85. The summed E-state index contributed by atoms with van der Waals surface area (Å²) in [5.41, 5.74) is 3.23. The van der Waals surface area contributed by atoms with Crippen LogP contribution in [-0.2, 0) is 28.2 Å². The Balaban J connectivity index is 0.000000325. The minimum absolute atomic E-state index is 0.0617. The fourth-order valence-corrected chi connectivity index (χ4v) is 7.18. The number of sulfone groups is 1. The van der Waals surface area contributed by atoms with Crippen LogP contribution in [0.2, 0.25) is 0 Å². The number of hydrogen-bond donors (Lipinski definition) is 1. The Morgan fingerprint density at radius 3 is 2.58 bits per heavy atom. The number of hydrogen-bond acceptors (Lipinski definition) is 6. The van der Waals surface area contributed by atoms with E-state index in [1.165, 1.54) is 4.88 Å². The SMILES string of the molecule is Cn1cc(CN2CC3c4cc(-c5cccs5)ccc4S(=O)(=O)C3C2)cn1.O=C(O)C(F)(F)F. The first-order chi connectivity index (χ1) is 15.5. The first kappa shape index (κ1) is 23.5. The van der Waals surface area contributed by atoms with Gasteiger partial charge in [-0.25, -0.2) is 13.2 Å². The monoisotopic (exact) mass is 499 g/mol. The molecule has 176 valence electrons. The predicted octanol–water partition coefficient (Wildman–Crippen LogP) is 3.54. The minimum atomic E-state index is -5.08. The highest BCUT2D eigenvalue weighted by Gasteiger charge is 2.50. The Bertz CT molecular complexity index is 1270. The summed E-state index contributed by atoms with van der Waals surface area (Å²) < 4.78 is 59.6. The van der Waals surface area contributed by atoms with Crippen molar-refractivity contribution < 1.29 is 31.5 Å². The molecule has 2 aliphatic rings. The Kier molecular flexibility index (Phi) is 6.10. The summed E-state index contributed by atoms with van der Waals surface area (Å²) in [6.07, 6.45) is -1.24. The molecule has 0 saturated carbocycles. The molecule has 2 unspecified atom stereocenters. The molecule has 1 fully saturated rings. The molecular formula is C21H20F3N3O4S2. The van der Waals surface area contributed by atoms with Crippen LogP contribution in [0.4, 0.5) is 13.2 Å². The molecule has 4 heterocycles. The van der Waals surface area contributed by atoms with Gasteiger partial charge in [0.1, 0.15) is 0 Å². The molecular weight excluding hydrogens is 479 g/mol. The Labute approximate surface area is 192 Å². The van der Waals surface area contributed by atoms with Crippen LogP contribution in [-0.4, -0.2) is 58.7 Å². The van der Waals surface area contributed by atoms with E-state index in [2.05, 4.69) is 22.1 Å². The van der Waals surface area contributed by atoms with E-state index in [1.807, 2.05) is 43.0 Å². The number of carboxylic acids is 1. The van der Waals surface area contributed by atoms with E-state index in [9.17, 15) is 21.6 Å². The van der Waals surface area contributed by atoms with Gasteiger partial charge in [0, 0.05) is 49.2 Å². The number of likely N-dealkylation sites (tertiary alicyclic amines) is 1. The van der Waals surface area contributed by atoms with Crippen molar-refractivity contribution >= 4 is 27.1 Å². The lowest BCUT2D eigenvalue weighted by Crippen LogP contribution is -2.25. The van der Waals surface area contributed by atoms with Crippen LogP contribution in [0.3, 0.4) is 0 Å². The maximum Gasteiger partial charge on any atom is 0.490 e. The molecule has 0 amide bonds. The van der Waals surface area contributed by atoms with E-state index in [4.69, 9.17) is 9.90 Å². The highest BCUT2D eigenvalue weighted by molar-refractivity contribution is 7.92. The molecule has 3 aromatic rings. The molecule has 0 radical (unpaired) electrons. The molecule has 5 rings (SSSR count). The first-order valence-electron chi connectivity index (χ1n) is 9.88. The minimum Gasteiger partial charge on any atom is -0.475 e. The summed E-state index contributed by atoms with van der Waals surface area (Å²) in [5.74, 6) is -2.70. The number of benzene rings is 1. The van der Waals surface area contributed by atoms with Gasteiger partial charge in [-0.05, 0) is 34.7 Å². The lowest BCUT2D eigenvalue weighted by Gasteiger charge is -2.16. The highest BCUT2D eigenvalue weighted by atomic mass is 32.2. The van der Waals surface area contributed by atoms with E-state index in [0.717, 1.165) is 29.8 Å². The smallest absolute Gasteiger partial charge is 0.475 e. The van der Waals surface area contributed by atoms with Crippen LogP contribution in [0.5, 0.6) is 0 Å².